The Kier molecular flexibility index (Phi) is 41.7. The molecule has 0 aliphatic heterocycles. The number of carboxylic acids is 2. The molecule has 0 radical (unpaired) electrons. The van der Waals surface area contributed by atoms with E-state index >= 15 is 0 Å². The molecule has 0 aromatic rings. The lowest BCUT2D eigenvalue weighted by Crippen LogP contribution is -2.03. The van der Waals surface area contributed by atoms with Gasteiger partial charge in [0.05, 0.1) is 39.6 Å². The summed E-state index contributed by atoms with van der Waals surface area (Å²) in [6, 6.07) is 0. The Labute approximate surface area is 111 Å². The van der Waals surface area contributed by atoms with Crippen molar-refractivity contribution in [1.82, 2.24) is 0 Å². The number of carboxylic acid groups (broad SMARTS) is 2. The van der Waals surface area contributed by atoms with Gasteiger partial charge in [-0.2, -0.15) is 0 Å². The molecule has 9 nitrogen and oxygen atoms in total. The predicted octanol–water partition coefficient (Wildman–Crippen LogP) is -1.86. The van der Waals surface area contributed by atoms with Crippen LogP contribution in [0.15, 0.2) is 0 Å². The van der Waals surface area contributed by atoms with E-state index in [1.165, 1.54) is 0 Å². The third kappa shape index (κ3) is 260. The molecule has 0 aliphatic carbocycles. The fourth-order valence-corrected chi connectivity index (χ4v) is 0.231. The molecular weight excluding hydrogens is 264 g/mol. The monoisotopic (exact) mass is 288 g/mol. The van der Waals surface area contributed by atoms with Crippen LogP contribution in [0, 0.1) is 0 Å². The number of aliphatic hydroxyl groups is 4. The first-order chi connectivity index (χ1) is 8.79. The predicted molar refractivity (Wildman–Crippen MR) is 65.8 cm³/mol. The normalized spacial score (nSPS) is 7.68. The van der Waals surface area contributed by atoms with Crippen molar-refractivity contribution >= 4 is 11.9 Å². The second kappa shape index (κ2) is 30.1. The fraction of sp³-hybridized carbons (Fsp3) is 0.800. The Balaban J connectivity index is -0.0000000825. The first kappa shape index (κ1) is 26.3. The van der Waals surface area contributed by atoms with Crippen molar-refractivity contribution in [3.63, 3.8) is 0 Å². The molecule has 0 bridgehead atoms. The van der Waals surface area contributed by atoms with Crippen molar-refractivity contribution in [2.24, 2.45) is 0 Å². The Hall–Kier alpha value is -1.26. The molecule has 0 aromatic carbocycles. The Morgan fingerprint density at radius 3 is 1.05 bits per heavy atom. The first-order valence-corrected chi connectivity index (χ1v) is 5.20. The average molecular weight is 288 g/mol. The molecule has 118 valence electrons. The Morgan fingerprint density at radius 1 is 0.737 bits per heavy atom. The molecule has 0 saturated carbocycles. The zero-order valence-corrected chi connectivity index (χ0v) is 11.2. The third-order valence-electron chi connectivity index (χ3n) is 0.571. The molecule has 0 amide bonds. The van der Waals surface area contributed by atoms with E-state index in [9.17, 15) is 0 Å². The topological polar surface area (TPSA) is 165 Å². The van der Waals surface area contributed by atoms with E-state index in [1.807, 2.05) is 0 Å². The number of hydrogen-bond acceptors (Lipinski definition) is 7. The van der Waals surface area contributed by atoms with Gasteiger partial charge in [0.25, 0.3) is 11.9 Å². The second-order valence-corrected chi connectivity index (χ2v) is 2.54. The number of rotatable bonds is 5. The fourth-order valence-electron chi connectivity index (χ4n) is 0.231. The van der Waals surface area contributed by atoms with Crippen molar-refractivity contribution in [2.75, 3.05) is 39.6 Å². The number of ether oxygens (including phenoxy) is 1. The molecule has 0 fully saturated rings. The van der Waals surface area contributed by atoms with E-state index in [4.69, 9.17) is 40.2 Å². The molecule has 0 aliphatic rings. The second-order valence-electron chi connectivity index (χ2n) is 2.54. The summed E-state index contributed by atoms with van der Waals surface area (Å²) in [5.41, 5.74) is 0. The van der Waals surface area contributed by atoms with Gasteiger partial charge in [0, 0.05) is 13.8 Å². The highest BCUT2D eigenvalue weighted by atomic mass is 16.5. The number of aliphatic hydroxyl groups excluding tert-OH is 4. The van der Waals surface area contributed by atoms with E-state index in [1.54, 1.807) is 0 Å². The molecule has 0 unspecified atom stereocenters. The van der Waals surface area contributed by atoms with Crippen molar-refractivity contribution < 1.29 is 45.0 Å². The van der Waals surface area contributed by atoms with Crippen LogP contribution in [-0.2, 0) is 14.3 Å². The van der Waals surface area contributed by atoms with E-state index in [0.717, 1.165) is 13.8 Å². The van der Waals surface area contributed by atoms with Crippen LogP contribution < -0.4 is 0 Å². The summed E-state index contributed by atoms with van der Waals surface area (Å²) in [5, 5.41) is 46.3. The molecule has 0 atom stereocenters. The molecule has 0 saturated heterocycles. The smallest absolute Gasteiger partial charge is 0.300 e. The molecule has 6 N–H and O–H groups in total. The summed E-state index contributed by atoms with van der Waals surface area (Å²) < 4.78 is 4.63. The van der Waals surface area contributed by atoms with Crippen LogP contribution in [0.1, 0.15) is 13.8 Å². The van der Waals surface area contributed by atoms with Gasteiger partial charge >= 0.3 is 0 Å². The third-order valence-corrected chi connectivity index (χ3v) is 0.571. The number of aliphatic carboxylic acids is 2. The molecule has 0 heterocycles. The Morgan fingerprint density at radius 2 is 0.947 bits per heavy atom. The number of hydrogen-bond donors (Lipinski definition) is 6. The highest BCUT2D eigenvalue weighted by molar-refractivity contribution is 5.63. The molecule has 9 heteroatoms. The number of carbonyl (C=O) groups is 2. The summed E-state index contributed by atoms with van der Waals surface area (Å²) in [6.45, 7) is 2.61. The lowest BCUT2D eigenvalue weighted by atomic mass is 10.7. The van der Waals surface area contributed by atoms with Gasteiger partial charge in [0.1, 0.15) is 0 Å². The van der Waals surface area contributed by atoms with Crippen LogP contribution in [0.5, 0.6) is 0 Å². The van der Waals surface area contributed by atoms with Crippen molar-refractivity contribution in [2.45, 2.75) is 13.8 Å². The summed E-state index contributed by atoms with van der Waals surface area (Å²) in [5.74, 6) is -1.67. The maximum atomic E-state index is 9.00. The minimum Gasteiger partial charge on any atom is -0.481 e. The van der Waals surface area contributed by atoms with Crippen LogP contribution in [0.4, 0.5) is 0 Å². The van der Waals surface area contributed by atoms with Gasteiger partial charge in [-0.25, -0.2) is 0 Å². The van der Waals surface area contributed by atoms with Gasteiger partial charge in [-0.05, 0) is 0 Å². The summed E-state index contributed by atoms with van der Waals surface area (Å²) >= 11 is 0. The molecular formula is C10H24O9. The highest BCUT2D eigenvalue weighted by Gasteiger charge is 1.79. The van der Waals surface area contributed by atoms with Crippen LogP contribution in [0.2, 0.25) is 0 Å². The maximum Gasteiger partial charge on any atom is 0.300 e. The van der Waals surface area contributed by atoms with Crippen molar-refractivity contribution in [3.05, 3.63) is 0 Å². The van der Waals surface area contributed by atoms with Gasteiger partial charge in [0.2, 0.25) is 0 Å². The van der Waals surface area contributed by atoms with Gasteiger partial charge in [0.15, 0.2) is 0 Å². The van der Waals surface area contributed by atoms with Crippen LogP contribution in [0.3, 0.4) is 0 Å². The van der Waals surface area contributed by atoms with E-state index in [-0.39, 0.29) is 26.4 Å². The maximum absolute atomic E-state index is 9.00. The largest absolute Gasteiger partial charge is 0.481 e. The minimum atomic E-state index is -0.833. The quantitative estimate of drug-likeness (QED) is 0.318. The van der Waals surface area contributed by atoms with Gasteiger partial charge < -0.3 is 35.4 Å². The SMILES string of the molecule is CC(=O)O.CC(=O)O.OCCO.OCCOCCO. The summed E-state index contributed by atoms with van der Waals surface area (Å²) in [4.78, 5) is 18.0. The molecule has 0 spiro atoms. The standard InChI is InChI=1S/C4H10O3.2C2H4O2.C2H6O2/c5-1-3-7-4-2-6;2*1-2(3)4;3-1-2-4/h5-6H,1-4H2;2*1H3,(H,3,4);3-4H,1-2H2. The van der Waals surface area contributed by atoms with Crippen LogP contribution in [0.25, 0.3) is 0 Å². The van der Waals surface area contributed by atoms with Crippen molar-refractivity contribution in [3.8, 4) is 0 Å². The molecule has 0 aromatic heterocycles. The first-order valence-electron chi connectivity index (χ1n) is 5.20. The van der Waals surface area contributed by atoms with Gasteiger partial charge in [-0.15, -0.1) is 0 Å². The summed E-state index contributed by atoms with van der Waals surface area (Å²) in [6.07, 6.45) is 0. The van der Waals surface area contributed by atoms with E-state index < -0.39 is 11.9 Å². The molecule has 0 rings (SSSR count). The van der Waals surface area contributed by atoms with Gasteiger partial charge in [-0.3, -0.25) is 9.59 Å². The van der Waals surface area contributed by atoms with E-state index in [0.29, 0.717) is 13.2 Å². The van der Waals surface area contributed by atoms with Crippen molar-refractivity contribution in [1.29, 1.82) is 0 Å². The molecule has 19 heavy (non-hydrogen) atoms. The zero-order valence-electron chi connectivity index (χ0n) is 11.2. The lowest BCUT2D eigenvalue weighted by molar-refractivity contribution is -0.135. The lowest BCUT2D eigenvalue weighted by Gasteiger charge is -1.94. The van der Waals surface area contributed by atoms with Gasteiger partial charge in [-0.1, -0.05) is 0 Å². The van der Waals surface area contributed by atoms with Crippen LogP contribution >= 0.6 is 0 Å². The summed E-state index contributed by atoms with van der Waals surface area (Å²) in [7, 11) is 0. The minimum absolute atomic E-state index is 0.0278. The average Bonchev–Trinajstić information content (AvgIpc) is 2.29. The highest BCUT2D eigenvalue weighted by Crippen LogP contribution is 1.68. The Bertz CT molecular complexity index is 146. The zero-order chi connectivity index (χ0) is 16.1. The van der Waals surface area contributed by atoms with E-state index in [2.05, 4.69) is 4.74 Å². The van der Waals surface area contributed by atoms with Crippen LogP contribution in [-0.4, -0.2) is 82.2 Å².